The topological polar surface area (TPSA) is 97.7 Å². The van der Waals surface area contributed by atoms with Crippen LogP contribution in [0.1, 0.15) is 129 Å². The molecule has 3 aliphatic rings. The molecule has 0 spiro atoms. The van der Waals surface area contributed by atoms with Gasteiger partial charge in [-0.2, -0.15) is 16.8 Å². The third-order valence-electron chi connectivity index (χ3n) is 9.75. The van der Waals surface area contributed by atoms with Crippen LogP contribution in [0.15, 0.2) is 39.2 Å². The Balaban J connectivity index is 1.92. The average molecular weight is 593 g/mol. The molecule has 3 aliphatic carbocycles. The summed E-state index contributed by atoms with van der Waals surface area (Å²) >= 11 is 0. The van der Waals surface area contributed by atoms with Gasteiger partial charge in [0.1, 0.15) is 10.6 Å². The van der Waals surface area contributed by atoms with E-state index in [4.69, 9.17) is 4.18 Å². The summed E-state index contributed by atoms with van der Waals surface area (Å²) in [6.45, 7) is 14.5. The van der Waals surface area contributed by atoms with Gasteiger partial charge in [0.05, 0.1) is 4.91 Å². The van der Waals surface area contributed by atoms with Crippen LogP contribution in [-0.2, 0) is 20.2 Å². The first kappa shape index (κ1) is 31.3. The smallest absolute Gasteiger partial charge is 0.336 e. The summed E-state index contributed by atoms with van der Waals surface area (Å²) in [6, 6.07) is 3.16. The van der Waals surface area contributed by atoms with Crippen molar-refractivity contribution in [3.8, 4) is 5.75 Å². The van der Waals surface area contributed by atoms with Crippen molar-refractivity contribution < 1.29 is 25.6 Å². The monoisotopic (exact) mass is 592 g/mol. The van der Waals surface area contributed by atoms with E-state index < -0.39 is 25.7 Å². The van der Waals surface area contributed by atoms with Gasteiger partial charge in [-0.25, -0.2) is 0 Å². The molecule has 1 aromatic rings. The average Bonchev–Trinajstić information content (AvgIpc) is 3.56. The van der Waals surface area contributed by atoms with Crippen LogP contribution < -0.4 is 4.18 Å². The molecule has 0 aromatic heterocycles. The van der Waals surface area contributed by atoms with Crippen molar-refractivity contribution in [2.45, 2.75) is 123 Å². The van der Waals surface area contributed by atoms with Crippen LogP contribution in [0.3, 0.4) is 0 Å². The Morgan fingerprint density at radius 3 is 1.68 bits per heavy atom. The number of benzene rings is 1. The zero-order valence-electron chi connectivity index (χ0n) is 25.3. The highest BCUT2D eigenvalue weighted by molar-refractivity contribution is 7.91. The van der Waals surface area contributed by atoms with Crippen molar-refractivity contribution >= 4 is 20.2 Å². The number of allylic oxidation sites excluding steroid dienone is 4. The summed E-state index contributed by atoms with van der Waals surface area (Å²) in [4.78, 5) is 0.311. The molecule has 0 heterocycles. The summed E-state index contributed by atoms with van der Waals surface area (Å²) in [6.07, 6.45) is 9.81. The van der Waals surface area contributed by atoms with Gasteiger partial charge < -0.3 is 4.18 Å². The van der Waals surface area contributed by atoms with Gasteiger partial charge in [0.15, 0.2) is 0 Å². The molecule has 4 rings (SSSR count). The SMILES string of the molecule is CC(C)C1=CC(C(C)C)=C(S(=O)(=O)Oc2cc(C3CCCC3)c(S(=O)(=O)O)c(C3CCCC3)c2)C(C)(C(C)C)C1. The van der Waals surface area contributed by atoms with Crippen molar-refractivity contribution in [1.82, 2.24) is 0 Å². The summed E-state index contributed by atoms with van der Waals surface area (Å²) in [5, 5.41) is 0. The minimum atomic E-state index is -4.51. The first-order chi connectivity index (χ1) is 18.6. The molecule has 2 saturated carbocycles. The Morgan fingerprint density at radius 2 is 1.30 bits per heavy atom. The molecule has 1 unspecified atom stereocenters. The second-order valence-electron chi connectivity index (χ2n) is 13.5. The molecule has 0 bridgehead atoms. The largest absolute Gasteiger partial charge is 0.379 e. The Morgan fingerprint density at radius 1 is 0.825 bits per heavy atom. The van der Waals surface area contributed by atoms with Crippen molar-refractivity contribution in [2.75, 3.05) is 0 Å². The van der Waals surface area contributed by atoms with Gasteiger partial charge in [-0.05, 0) is 90.5 Å². The zero-order valence-corrected chi connectivity index (χ0v) is 26.9. The van der Waals surface area contributed by atoms with Crippen molar-refractivity contribution in [1.29, 1.82) is 0 Å². The maximum atomic E-state index is 14.3. The van der Waals surface area contributed by atoms with Gasteiger partial charge in [0.2, 0.25) is 0 Å². The molecular formula is C32H48O6S2. The third kappa shape index (κ3) is 6.10. The molecule has 0 radical (unpaired) electrons. The van der Waals surface area contributed by atoms with Gasteiger partial charge in [0, 0.05) is 5.41 Å². The Labute approximate surface area is 242 Å². The number of rotatable bonds is 9. The fourth-order valence-electron chi connectivity index (χ4n) is 7.09. The van der Waals surface area contributed by atoms with Crippen LogP contribution in [-0.4, -0.2) is 21.4 Å². The molecule has 6 nitrogen and oxygen atoms in total. The van der Waals surface area contributed by atoms with Gasteiger partial charge in [0.25, 0.3) is 10.1 Å². The fourth-order valence-corrected chi connectivity index (χ4v) is 10.0. The number of hydrogen-bond acceptors (Lipinski definition) is 5. The van der Waals surface area contributed by atoms with Crippen molar-refractivity contribution in [3.05, 3.63) is 45.4 Å². The molecule has 0 saturated heterocycles. The van der Waals surface area contributed by atoms with E-state index in [2.05, 4.69) is 33.8 Å². The minimum absolute atomic E-state index is 0.0210. The van der Waals surface area contributed by atoms with Crippen molar-refractivity contribution in [2.24, 2.45) is 23.2 Å². The van der Waals surface area contributed by atoms with Crippen LogP contribution in [0.4, 0.5) is 0 Å². The Hall–Kier alpha value is -1.64. The molecule has 8 heteroatoms. The first-order valence-corrected chi connectivity index (χ1v) is 18.0. The van der Waals surface area contributed by atoms with Gasteiger partial charge >= 0.3 is 10.1 Å². The van der Waals surface area contributed by atoms with Crippen LogP contribution in [0.25, 0.3) is 0 Å². The Kier molecular flexibility index (Phi) is 9.05. The van der Waals surface area contributed by atoms with Crippen LogP contribution in [0.2, 0.25) is 0 Å². The fraction of sp³-hybridized carbons (Fsp3) is 0.688. The molecule has 1 N–H and O–H groups in total. The predicted octanol–water partition coefficient (Wildman–Crippen LogP) is 8.52. The van der Waals surface area contributed by atoms with E-state index in [1.165, 1.54) is 5.57 Å². The van der Waals surface area contributed by atoms with Crippen LogP contribution in [0, 0.1) is 23.2 Å². The molecule has 224 valence electrons. The molecule has 0 aliphatic heterocycles. The molecule has 1 atom stereocenters. The van der Waals surface area contributed by atoms with Gasteiger partial charge in [-0.3, -0.25) is 4.55 Å². The second-order valence-corrected chi connectivity index (χ2v) is 16.3. The van der Waals surface area contributed by atoms with Crippen molar-refractivity contribution in [3.63, 3.8) is 0 Å². The molecule has 40 heavy (non-hydrogen) atoms. The van der Waals surface area contributed by atoms with E-state index in [9.17, 15) is 21.4 Å². The molecule has 0 amide bonds. The zero-order chi connectivity index (χ0) is 29.6. The van der Waals surface area contributed by atoms with E-state index in [-0.39, 0.29) is 34.3 Å². The normalized spacial score (nSPS) is 23.6. The highest BCUT2D eigenvalue weighted by Crippen LogP contribution is 2.52. The lowest BCUT2D eigenvalue weighted by Crippen LogP contribution is -2.37. The maximum absolute atomic E-state index is 14.3. The summed E-state index contributed by atoms with van der Waals surface area (Å²) in [5.41, 5.74) is 2.38. The number of hydrogen-bond donors (Lipinski definition) is 1. The predicted molar refractivity (Wildman–Crippen MR) is 161 cm³/mol. The maximum Gasteiger partial charge on any atom is 0.336 e. The van der Waals surface area contributed by atoms with Crippen LogP contribution >= 0.6 is 0 Å². The minimum Gasteiger partial charge on any atom is -0.379 e. The lowest BCUT2D eigenvalue weighted by atomic mass is 9.67. The Bertz CT molecular complexity index is 1350. The van der Waals surface area contributed by atoms with Gasteiger partial charge in [-0.1, -0.05) is 85.8 Å². The standard InChI is InChI=1S/C32H48O6S2/c1-20(2)25-16-27(21(3)4)31(32(7,19-25)22(5)6)40(36,37)38-26-17-28(23-12-8-9-13-23)30(39(33,34)35)29(18-26)24-14-10-11-15-24/h16-18,20-24H,8-15,19H2,1-7H3,(H,33,34,35). The summed E-state index contributed by atoms with van der Waals surface area (Å²) in [7, 11) is -8.74. The molecule has 1 aromatic carbocycles. The summed E-state index contributed by atoms with van der Waals surface area (Å²) < 4.78 is 70.7. The van der Waals surface area contributed by atoms with E-state index in [0.717, 1.165) is 56.9 Å². The van der Waals surface area contributed by atoms with E-state index >= 15 is 0 Å². The van der Waals surface area contributed by atoms with E-state index in [0.29, 0.717) is 28.4 Å². The van der Waals surface area contributed by atoms with E-state index in [1.807, 2.05) is 20.8 Å². The molecular weight excluding hydrogens is 544 g/mol. The van der Waals surface area contributed by atoms with Crippen LogP contribution in [0.5, 0.6) is 5.75 Å². The summed E-state index contributed by atoms with van der Waals surface area (Å²) in [5.74, 6) is 0.360. The highest BCUT2D eigenvalue weighted by Gasteiger charge is 2.46. The van der Waals surface area contributed by atoms with Gasteiger partial charge in [-0.15, -0.1) is 0 Å². The lowest BCUT2D eigenvalue weighted by molar-refractivity contribution is 0.267. The highest BCUT2D eigenvalue weighted by atomic mass is 32.2. The third-order valence-corrected chi connectivity index (χ3v) is 12.4. The first-order valence-electron chi connectivity index (χ1n) is 15.1. The second kappa shape index (κ2) is 11.6. The molecule has 2 fully saturated rings. The quantitative estimate of drug-likeness (QED) is 0.228. The van der Waals surface area contributed by atoms with E-state index in [1.54, 1.807) is 12.1 Å². The lowest BCUT2D eigenvalue weighted by Gasteiger charge is -2.42.